The summed E-state index contributed by atoms with van der Waals surface area (Å²) in [4.78, 5) is 4.97. The smallest absolute Gasteiger partial charge is 0.136 e. The van der Waals surface area contributed by atoms with E-state index in [2.05, 4.69) is 34.0 Å². The van der Waals surface area contributed by atoms with Gasteiger partial charge in [-0.05, 0) is 12.1 Å². The number of aromatic nitrogens is 2. The van der Waals surface area contributed by atoms with Gasteiger partial charge >= 0.3 is 0 Å². The van der Waals surface area contributed by atoms with Crippen molar-refractivity contribution in [3.63, 3.8) is 0 Å². The third-order valence-electron chi connectivity index (χ3n) is 1.90. The van der Waals surface area contributed by atoms with Gasteiger partial charge in [0.05, 0.1) is 5.69 Å². The van der Waals surface area contributed by atoms with Crippen LogP contribution in [0.4, 0.5) is 0 Å². The van der Waals surface area contributed by atoms with Gasteiger partial charge in [-0.15, -0.1) is 0 Å². The molecule has 68 valence electrons. The van der Waals surface area contributed by atoms with Crippen LogP contribution in [-0.4, -0.2) is 14.2 Å². The van der Waals surface area contributed by atoms with Crippen molar-refractivity contribution < 1.29 is 0 Å². The molecule has 0 aliphatic rings. The topological polar surface area (TPSA) is 17.3 Å². The fraction of sp³-hybridized carbons (Fsp3) is 0.300. The van der Waals surface area contributed by atoms with Crippen molar-refractivity contribution in [3.8, 4) is 0 Å². The van der Waals surface area contributed by atoms with E-state index in [1.54, 1.807) is 0 Å². The molecule has 2 nitrogen and oxygen atoms in total. The maximum Gasteiger partial charge on any atom is 0.136 e. The Morgan fingerprint density at radius 1 is 1.54 bits per heavy atom. The molecule has 0 aromatic carbocycles. The standard InChI is InChI=1S/C10H11BrN2/c1-8(11)6-9-7-13-5-3-2-4-10(13)12-9/h2-5,7-8H,6H2,1H3. The van der Waals surface area contributed by atoms with Crippen LogP contribution in [0.2, 0.25) is 0 Å². The number of fused-ring (bicyclic) bond motifs is 1. The first kappa shape index (κ1) is 8.75. The Labute approximate surface area is 85.7 Å². The third-order valence-corrected chi connectivity index (χ3v) is 2.23. The Hall–Kier alpha value is -0.830. The average molecular weight is 239 g/mol. The molecule has 2 aromatic heterocycles. The predicted molar refractivity (Wildman–Crippen MR) is 57.3 cm³/mol. The molecular formula is C10H11BrN2. The van der Waals surface area contributed by atoms with Crippen molar-refractivity contribution in [1.29, 1.82) is 0 Å². The second-order valence-corrected chi connectivity index (χ2v) is 4.75. The zero-order chi connectivity index (χ0) is 9.26. The van der Waals surface area contributed by atoms with Gasteiger partial charge in [0.25, 0.3) is 0 Å². The van der Waals surface area contributed by atoms with Crippen LogP contribution >= 0.6 is 15.9 Å². The van der Waals surface area contributed by atoms with Crippen LogP contribution in [0.25, 0.3) is 5.65 Å². The van der Waals surface area contributed by atoms with E-state index < -0.39 is 0 Å². The minimum absolute atomic E-state index is 0.484. The minimum atomic E-state index is 0.484. The number of pyridine rings is 1. The molecule has 0 saturated heterocycles. The van der Waals surface area contributed by atoms with Crippen LogP contribution in [0.1, 0.15) is 12.6 Å². The number of imidazole rings is 1. The van der Waals surface area contributed by atoms with Crippen molar-refractivity contribution in [2.75, 3.05) is 0 Å². The first-order valence-corrected chi connectivity index (χ1v) is 5.24. The van der Waals surface area contributed by atoms with Gasteiger partial charge in [0.1, 0.15) is 5.65 Å². The monoisotopic (exact) mass is 238 g/mol. The molecule has 3 heteroatoms. The molecule has 0 aliphatic heterocycles. The highest BCUT2D eigenvalue weighted by Crippen LogP contribution is 2.10. The summed E-state index contributed by atoms with van der Waals surface area (Å²) in [5.41, 5.74) is 2.15. The fourth-order valence-corrected chi connectivity index (χ4v) is 1.71. The molecule has 0 fully saturated rings. The van der Waals surface area contributed by atoms with E-state index in [1.807, 2.05) is 28.8 Å². The highest BCUT2D eigenvalue weighted by atomic mass is 79.9. The lowest BCUT2D eigenvalue weighted by Gasteiger charge is -1.95. The number of rotatable bonds is 2. The van der Waals surface area contributed by atoms with Gasteiger partial charge in [-0.3, -0.25) is 0 Å². The lowest BCUT2D eigenvalue weighted by atomic mass is 10.3. The zero-order valence-electron chi connectivity index (χ0n) is 7.44. The molecule has 0 aliphatic carbocycles. The molecule has 1 atom stereocenters. The molecule has 1 unspecified atom stereocenters. The Morgan fingerprint density at radius 3 is 3.08 bits per heavy atom. The van der Waals surface area contributed by atoms with Crippen LogP contribution in [0.3, 0.4) is 0 Å². The van der Waals surface area contributed by atoms with E-state index in [0.29, 0.717) is 4.83 Å². The lowest BCUT2D eigenvalue weighted by molar-refractivity contribution is 0.927. The number of hydrogen-bond acceptors (Lipinski definition) is 1. The largest absolute Gasteiger partial charge is 0.307 e. The Kier molecular flexibility index (Phi) is 2.36. The van der Waals surface area contributed by atoms with Gasteiger partial charge in [-0.2, -0.15) is 0 Å². The molecule has 0 spiro atoms. The lowest BCUT2D eigenvalue weighted by Crippen LogP contribution is -1.95. The van der Waals surface area contributed by atoms with Crippen molar-refractivity contribution in [2.24, 2.45) is 0 Å². The molecule has 0 radical (unpaired) electrons. The summed E-state index contributed by atoms with van der Waals surface area (Å²) in [5.74, 6) is 0. The number of alkyl halides is 1. The van der Waals surface area contributed by atoms with Gasteiger partial charge < -0.3 is 4.40 Å². The van der Waals surface area contributed by atoms with Gasteiger partial charge in [0.15, 0.2) is 0 Å². The zero-order valence-corrected chi connectivity index (χ0v) is 9.03. The van der Waals surface area contributed by atoms with Crippen molar-refractivity contribution >= 4 is 21.6 Å². The molecule has 0 amide bonds. The SMILES string of the molecule is CC(Br)Cc1cn2ccccc2n1. The summed E-state index contributed by atoms with van der Waals surface area (Å²) in [6.07, 6.45) is 5.07. The van der Waals surface area contributed by atoms with Crippen molar-refractivity contribution in [1.82, 2.24) is 9.38 Å². The minimum Gasteiger partial charge on any atom is -0.307 e. The van der Waals surface area contributed by atoms with E-state index in [1.165, 1.54) is 0 Å². The molecule has 0 bridgehead atoms. The highest BCUT2D eigenvalue weighted by molar-refractivity contribution is 9.09. The van der Waals surface area contributed by atoms with Crippen LogP contribution < -0.4 is 0 Å². The van der Waals surface area contributed by atoms with Crippen LogP contribution in [0.15, 0.2) is 30.6 Å². The van der Waals surface area contributed by atoms with E-state index in [0.717, 1.165) is 17.8 Å². The summed E-state index contributed by atoms with van der Waals surface area (Å²) >= 11 is 3.52. The summed E-state index contributed by atoms with van der Waals surface area (Å²) in [5, 5.41) is 0. The maximum absolute atomic E-state index is 4.49. The maximum atomic E-state index is 4.49. The summed E-state index contributed by atoms with van der Waals surface area (Å²) < 4.78 is 2.05. The first-order chi connectivity index (χ1) is 6.25. The van der Waals surface area contributed by atoms with E-state index in [9.17, 15) is 0 Å². The molecular weight excluding hydrogens is 228 g/mol. The first-order valence-electron chi connectivity index (χ1n) is 4.32. The second-order valence-electron chi connectivity index (χ2n) is 3.18. The predicted octanol–water partition coefficient (Wildman–Crippen LogP) is 2.66. The molecule has 0 N–H and O–H groups in total. The molecule has 13 heavy (non-hydrogen) atoms. The number of hydrogen-bond donors (Lipinski definition) is 0. The molecule has 0 saturated carbocycles. The van der Waals surface area contributed by atoms with Gasteiger partial charge in [0.2, 0.25) is 0 Å². The molecule has 2 rings (SSSR count). The van der Waals surface area contributed by atoms with Crippen molar-refractivity contribution in [3.05, 3.63) is 36.3 Å². The third kappa shape index (κ3) is 1.91. The number of nitrogens with zero attached hydrogens (tertiary/aromatic N) is 2. The van der Waals surface area contributed by atoms with E-state index in [-0.39, 0.29) is 0 Å². The number of halogens is 1. The van der Waals surface area contributed by atoms with Gasteiger partial charge in [0, 0.05) is 23.6 Å². The highest BCUT2D eigenvalue weighted by Gasteiger charge is 2.03. The van der Waals surface area contributed by atoms with Crippen LogP contribution in [0, 0.1) is 0 Å². The van der Waals surface area contributed by atoms with Gasteiger partial charge in [-0.25, -0.2) is 4.98 Å². The normalized spacial score (nSPS) is 13.4. The Balaban J connectivity index is 2.38. The Morgan fingerprint density at radius 2 is 2.38 bits per heavy atom. The average Bonchev–Trinajstić information content (AvgIpc) is 2.44. The van der Waals surface area contributed by atoms with Crippen LogP contribution in [-0.2, 0) is 6.42 Å². The summed E-state index contributed by atoms with van der Waals surface area (Å²) in [6.45, 7) is 2.13. The fourth-order valence-electron chi connectivity index (χ4n) is 1.37. The van der Waals surface area contributed by atoms with Crippen molar-refractivity contribution in [2.45, 2.75) is 18.2 Å². The van der Waals surface area contributed by atoms with E-state index in [4.69, 9.17) is 0 Å². The summed E-state index contributed by atoms with van der Waals surface area (Å²) in [7, 11) is 0. The molecule has 2 aromatic rings. The quantitative estimate of drug-likeness (QED) is 0.736. The van der Waals surface area contributed by atoms with Gasteiger partial charge in [-0.1, -0.05) is 28.9 Å². The second kappa shape index (κ2) is 3.50. The van der Waals surface area contributed by atoms with Crippen LogP contribution in [0.5, 0.6) is 0 Å². The van der Waals surface area contributed by atoms with E-state index >= 15 is 0 Å². The summed E-state index contributed by atoms with van der Waals surface area (Å²) in [6, 6.07) is 6.03. The Bertz CT molecular complexity index is 373. The molecule has 2 heterocycles.